The minimum atomic E-state index is -4.46. The monoisotopic (exact) mass is 594 g/mol. The topological polar surface area (TPSA) is 179 Å². The Balaban J connectivity index is 1.87. The van der Waals surface area contributed by atoms with Gasteiger partial charge in [-0.15, -0.1) is 0 Å². The van der Waals surface area contributed by atoms with Crippen LogP contribution in [0.15, 0.2) is 53.4 Å². The van der Waals surface area contributed by atoms with Crippen LogP contribution < -0.4 is 21.5 Å². The third-order valence-electron chi connectivity index (χ3n) is 6.72. The van der Waals surface area contributed by atoms with Crippen molar-refractivity contribution in [2.45, 2.75) is 44.2 Å². The number of ether oxygens (including phenoxy) is 1. The van der Waals surface area contributed by atoms with Gasteiger partial charge in [0.2, 0.25) is 11.8 Å². The lowest BCUT2D eigenvalue weighted by atomic mass is 9.98. The van der Waals surface area contributed by atoms with Crippen LogP contribution in [0.2, 0.25) is 0 Å². The Kier molecular flexibility index (Phi) is 10.7. The summed E-state index contributed by atoms with van der Waals surface area (Å²) in [6.45, 7) is 3.95. The first-order valence-electron chi connectivity index (χ1n) is 13.2. The first-order chi connectivity index (χ1) is 18.9. The summed E-state index contributed by atoms with van der Waals surface area (Å²) in [6.07, 6.45) is -0.647. The van der Waals surface area contributed by atoms with Crippen LogP contribution in [0.1, 0.15) is 31.4 Å². The van der Waals surface area contributed by atoms with Crippen molar-refractivity contribution in [1.29, 1.82) is 0 Å². The van der Waals surface area contributed by atoms with Crippen molar-refractivity contribution >= 4 is 31.7 Å². The molecule has 0 fully saturated rings. The van der Waals surface area contributed by atoms with Gasteiger partial charge < -0.3 is 21.5 Å². The molecule has 1 aliphatic rings. The molecule has 3 atom stereocenters. The van der Waals surface area contributed by atoms with Crippen molar-refractivity contribution in [1.82, 2.24) is 9.62 Å². The molecular formula is C27H38N4O7S2. The zero-order valence-electron chi connectivity index (χ0n) is 22.8. The van der Waals surface area contributed by atoms with E-state index in [4.69, 9.17) is 16.2 Å². The third kappa shape index (κ3) is 8.03. The molecule has 1 aliphatic heterocycles. The van der Waals surface area contributed by atoms with Crippen LogP contribution in [-0.2, 0) is 42.3 Å². The van der Waals surface area contributed by atoms with E-state index < -0.39 is 61.2 Å². The molecule has 13 heteroatoms. The highest BCUT2D eigenvalue weighted by molar-refractivity contribution is 7.91. The number of sulfonamides is 1. The lowest BCUT2D eigenvalue weighted by molar-refractivity contribution is -0.131. The van der Waals surface area contributed by atoms with E-state index in [-0.39, 0.29) is 24.4 Å². The predicted molar refractivity (Wildman–Crippen MR) is 151 cm³/mol. The van der Waals surface area contributed by atoms with Crippen LogP contribution in [0.5, 0.6) is 5.75 Å². The average Bonchev–Trinajstić information content (AvgIpc) is 3.39. The minimum Gasteiger partial charge on any atom is -0.493 e. The highest BCUT2D eigenvalue weighted by Crippen LogP contribution is 2.31. The molecule has 0 aliphatic carbocycles. The molecule has 0 aromatic heterocycles. The van der Waals surface area contributed by atoms with Gasteiger partial charge in [-0.3, -0.25) is 9.59 Å². The van der Waals surface area contributed by atoms with E-state index in [1.54, 1.807) is 13.0 Å². The van der Waals surface area contributed by atoms with Gasteiger partial charge in [0.15, 0.2) is 9.84 Å². The van der Waals surface area contributed by atoms with E-state index >= 15 is 0 Å². The van der Waals surface area contributed by atoms with Gasteiger partial charge in [-0.2, -0.15) is 0 Å². The summed E-state index contributed by atoms with van der Waals surface area (Å²) in [5.41, 5.74) is 13.4. The molecule has 220 valence electrons. The Bertz CT molecular complexity index is 1400. The van der Waals surface area contributed by atoms with Gasteiger partial charge in [0.25, 0.3) is 10.0 Å². The first-order valence-corrected chi connectivity index (χ1v) is 16.4. The zero-order chi connectivity index (χ0) is 29.5. The number of nitrogens with zero attached hydrogens (tertiary/aromatic N) is 1. The van der Waals surface area contributed by atoms with E-state index in [1.807, 2.05) is 30.3 Å². The largest absolute Gasteiger partial charge is 0.493 e. The van der Waals surface area contributed by atoms with Gasteiger partial charge in [-0.25, -0.2) is 21.1 Å². The Hall–Kier alpha value is -3.00. The summed E-state index contributed by atoms with van der Waals surface area (Å²) >= 11 is 0. The minimum absolute atomic E-state index is 0.126. The number of nitrogens with one attached hydrogen (secondary N) is 1. The molecule has 0 saturated carbocycles. The summed E-state index contributed by atoms with van der Waals surface area (Å²) in [6, 6.07) is 13.7. The van der Waals surface area contributed by atoms with Gasteiger partial charge >= 0.3 is 0 Å². The van der Waals surface area contributed by atoms with E-state index in [0.29, 0.717) is 35.1 Å². The van der Waals surface area contributed by atoms with Crippen molar-refractivity contribution in [3.8, 4) is 5.75 Å². The summed E-state index contributed by atoms with van der Waals surface area (Å²) in [4.78, 5) is 25.5. The number of hydrogen-bond acceptors (Lipinski definition) is 9. The number of benzene rings is 2. The van der Waals surface area contributed by atoms with Crippen molar-refractivity contribution in [3.63, 3.8) is 0 Å². The molecule has 2 aromatic carbocycles. The average molecular weight is 595 g/mol. The number of nitrogens with two attached hydrogens (primary N) is 2. The molecular weight excluding hydrogens is 556 g/mol. The van der Waals surface area contributed by atoms with Gasteiger partial charge in [0, 0.05) is 25.9 Å². The number of sulfone groups is 1. The van der Waals surface area contributed by atoms with Crippen molar-refractivity contribution in [3.05, 3.63) is 59.7 Å². The number of rotatable bonds is 14. The standard InChI is InChI=1S/C27H38N4O7S2/c1-19(16-21-6-4-3-5-7-21)26(29)31(40(36,37)23-8-9-24-22(17-23)10-14-38-24)27(33)20(2)18-39(34,35)15-11-25(32)30-13-12-28/h3-9,17,19-20,26H,10-16,18,28-29H2,1-2H3,(H,30,32)/t19-,20?,26-/m0/s1. The number of carbonyl (C=O) groups is 2. The SMILES string of the molecule is CC(CS(=O)(=O)CCC(=O)NCCN)C(=O)N([C@H](N)[C@@H](C)Cc1ccccc1)S(=O)(=O)c1ccc2c(c1)CCO2. The van der Waals surface area contributed by atoms with Crippen LogP contribution in [0.3, 0.4) is 0 Å². The fourth-order valence-electron chi connectivity index (χ4n) is 4.50. The van der Waals surface area contributed by atoms with Crippen LogP contribution in [0, 0.1) is 11.8 Å². The fraction of sp³-hybridized carbons (Fsp3) is 0.481. The van der Waals surface area contributed by atoms with Crippen molar-refractivity contribution < 1.29 is 31.2 Å². The summed E-state index contributed by atoms with van der Waals surface area (Å²) in [7, 11) is -8.35. The molecule has 0 bridgehead atoms. The highest BCUT2D eigenvalue weighted by atomic mass is 32.2. The van der Waals surface area contributed by atoms with Crippen LogP contribution >= 0.6 is 0 Å². The first kappa shape index (κ1) is 31.5. The maximum absolute atomic E-state index is 13.9. The molecule has 1 heterocycles. The number of carbonyl (C=O) groups excluding carboxylic acids is 2. The van der Waals surface area contributed by atoms with Gasteiger partial charge in [0.1, 0.15) is 5.75 Å². The molecule has 5 N–H and O–H groups in total. The molecule has 0 spiro atoms. The second-order valence-corrected chi connectivity index (χ2v) is 14.1. The Morgan fingerprint density at radius 1 is 1.07 bits per heavy atom. The number of amides is 2. The van der Waals surface area contributed by atoms with Crippen molar-refractivity contribution in [2.24, 2.45) is 23.3 Å². The lowest BCUT2D eigenvalue weighted by Gasteiger charge is -2.34. The molecule has 40 heavy (non-hydrogen) atoms. The van der Waals surface area contributed by atoms with Gasteiger partial charge in [-0.05, 0) is 41.7 Å². The van der Waals surface area contributed by atoms with E-state index in [1.165, 1.54) is 19.1 Å². The quantitative estimate of drug-likeness (QED) is 0.267. The molecule has 11 nitrogen and oxygen atoms in total. The number of fused-ring (bicyclic) bond motifs is 1. The summed E-state index contributed by atoms with van der Waals surface area (Å²) in [5, 5.41) is 2.49. The van der Waals surface area contributed by atoms with E-state index in [2.05, 4.69) is 5.32 Å². The zero-order valence-corrected chi connectivity index (χ0v) is 24.4. The third-order valence-corrected chi connectivity index (χ3v) is 10.3. The summed E-state index contributed by atoms with van der Waals surface area (Å²) in [5.74, 6) is -3.69. The molecule has 3 rings (SSSR count). The fourth-order valence-corrected chi connectivity index (χ4v) is 7.77. The highest BCUT2D eigenvalue weighted by Gasteiger charge is 2.40. The summed E-state index contributed by atoms with van der Waals surface area (Å²) < 4.78 is 59.5. The van der Waals surface area contributed by atoms with Gasteiger partial charge in [-0.1, -0.05) is 44.2 Å². The second kappa shape index (κ2) is 13.6. The van der Waals surface area contributed by atoms with Gasteiger partial charge in [0.05, 0.1) is 35.1 Å². The van der Waals surface area contributed by atoms with E-state index in [0.717, 1.165) is 5.56 Å². The number of hydrogen-bond donors (Lipinski definition) is 3. The van der Waals surface area contributed by atoms with Crippen LogP contribution in [0.4, 0.5) is 0 Å². The maximum atomic E-state index is 13.9. The normalized spacial score (nSPS) is 15.4. The molecule has 2 aromatic rings. The molecule has 0 radical (unpaired) electrons. The van der Waals surface area contributed by atoms with E-state index in [9.17, 15) is 26.4 Å². The smallest absolute Gasteiger partial charge is 0.267 e. The maximum Gasteiger partial charge on any atom is 0.267 e. The molecule has 0 saturated heterocycles. The lowest BCUT2D eigenvalue weighted by Crippen LogP contribution is -2.55. The van der Waals surface area contributed by atoms with Crippen molar-refractivity contribution in [2.75, 3.05) is 31.2 Å². The predicted octanol–water partition coefficient (Wildman–Crippen LogP) is 0.818. The van der Waals surface area contributed by atoms with Crippen LogP contribution in [-0.4, -0.2) is 70.3 Å². The van der Waals surface area contributed by atoms with Crippen LogP contribution in [0.25, 0.3) is 0 Å². The molecule has 2 amide bonds. The Morgan fingerprint density at radius 3 is 2.45 bits per heavy atom. The second-order valence-electron chi connectivity index (χ2n) is 10.1. The molecule has 1 unspecified atom stereocenters. The Morgan fingerprint density at radius 2 is 1.77 bits per heavy atom. The Labute approximate surface area is 236 Å².